The zero-order valence-electron chi connectivity index (χ0n) is 8.15. The predicted octanol–water partition coefficient (Wildman–Crippen LogP) is 3.78. The SMILES string of the molecule is C[CH]Cc1cc(C)cc(C(F)(F)F)c1. The van der Waals surface area contributed by atoms with Gasteiger partial charge in [-0.25, -0.2) is 0 Å². The van der Waals surface area contributed by atoms with Crippen LogP contribution in [0.4, 0.5) is 13.2 Å². The van der Waals surface area contributed by atoms with Gasteiger partial charge in [0.2, 0.25) is 0 Å². The van der Waals surface area contributed by atoms with Gasteiger partial charge in [0.05, 0.1) is 5.56 Å². The maximum absolute atomic E-state index is 12.4. The Kier molecular flexibility index (Phi) is 3.19. The minimum absolute atomic E-state index is 0.561. The highest BCUT2D eigenvalue weighted by Gasteiger charge is 2.30. The normalized spacial score (nSPS) is 11.8. The molecule has 0 aliphatic heterocycles. The average Bonchev–Trinajstić information content (AvgIpc) is 2.02. The van der Waals surface area contributed by atoms with Gasteiger partial charge in [0.1, 0.15) is 0 Å². The molecule has 0 N–H and O–H groups in total. The quantitative estimate of drug-likeness (QED) is 0.683. The van der Waals surface area contributed by atoms with E-state index in [1.165, 1.54) is 12.1 Å². The molecule has 0 unspecified atom stereocenters. The van der Waals surface area contributed by atoms with Gasteiger partial charge in [-0.05, 0) is 37.5 Å². The molecule has 3 heteroatoms. The lowest BCUT2D eigenvalue weighted by Gasteiger charge is -2.09. The van der Waals surface area contributed by atoms with Crippen LogP contribution < -0.4 is 0 Å². The van der Waals surface area contributed by atoms with Crippen molar-refractivity contribution < 1.29 is 13.2 Å². The van der Waals surface area contributed by atoms with Crippen LogP contribution in [-0.2, 0) is 12.6 Å². The molecule has 0 aliphatic carbocycles. The molecule has 1 rings (SSSR count). The molecule has 0 spiro atoms. The number of halogens is 3. The summed E-state index contributed by atoms with van der Waals surface area (Å²) >= 11 is 0. The largest absolute Gasteiger partial charge is 0.416 e. The molecule has 0 aromatic heterocycles. The van der Waals surface area contributed by atoms with Gasteiger partial charge in [0, 0.05) is 0 Å². The second-order valence-corrected chi connectivity index (χ2v) is 3.32. The molecule has 0 saturated carbocycles. The van der Waals surface area contributed by atoms with E-state index in [2.05, 4.69) is 0 Å². The molecule has 0 saturated heterocycles. The number of benzene rings is 1. The van der Waals surface area contributed by atoms with Gasteiger partial charge in [0.25, 0.3) is 0 Å². The Hall–Kier alpha value is -0.990. The molecule has 0 atom stereocenters. The Labute approximate surface area is 81.8 Å². The maximum atomic E-state index is 12.4. The van der Waals surface area contributed by atoms with Crippen molar-refractivity contribution in [3.63, 3.8) is 0 Å². The topological polar surface area (TPSA) is 0 Å². The summed E-state index contributed by atoms with van der Waals surface area (Å²) in [6.45, 7) is 3.50. The Morgan fingerprint density at radius 3 is 2.36 bits per heavy atom. The molecule has 1 aromatic rings. The fraction of sp³-hybridized carbons (Fsp3) is 0.364. The van der Waals surface area contributed by atoms with Gasteiger partial charge >= 0.3 is 6.18 Å². The smallest absolute Gasteiger partial charge is 0.166 e. The van der Waals surface area contributed by atoms with Crippen LogP contribution >= 0.6 is 0 Å². The summed E-state index contributed by atoms with van der Waals surface area (Å²) in [6, 6.07) is 4.14. The summed E-state index contributed by atoms with van der Waals surface area (Å²) in [5, 5.41) is 0. The molecule has 14 heavy (non-hydrogen) atoms. The first-order chi connectivity index (χ1) is 6.43. The average molecular weight is 201 g/mol. The van der Waals surface area contributed by atoms with Gasteiger partial charge in [-0.1, -0.05) is 18.6 Å². The van der Waals surface area contributed by atoms with E-state index in [4.69, 9.17) is 0 Å². The Morgan fingerprint density at radius 1 is 1.21 bits per heavy atom. The standard InChI is InChI=1S/C11H12F3/c1-3-4-9-5-8(2)6-10(7-9)11(12,13)14/h3,5-7H,4H2,1-2H3. The van der Waals surface area contributed by atoms with Crippen molar-refractivity contribution >= 4 is 0 Å². The van der Waals surface area contributed by atoms with Crippen molar-refractivity contribution in [1.82, 2.24) is 0 Å². The Bertz CT molecular complexity index is 313. The first-order valence-corrected chi connectivity index (χ1v) is 4.39. The van der Waals surface area contributed by atoms with Gasteiger partial charge in [-0.15, -0.1) is 0 Å². The number of aryl methyl sites for hydroxylation is 1. The lowest BCUT2D eigenvalue weighted by Crippen LogP contribution is -2.06. The summed E-state index contributed by atoms with van der Waals surface area (Å²) in [4.78, 5) is 0. The van der Waals surface area contributed by atoms with Crippen LogP contribution in [0.1, 0.15) is 23.6 Å². The number of rotatable bonds is 2. The van der Waals surface area contributed by atoms with Crippen LogP contribution in [0.3, 0.4) is 0 Å². The first-order valence-electron chi connectivity index (χ1n) is 4.39. The highest BCUT2D eigenvalue weighted by atomic mass is 19.4. The fourth-order valence-corrected chi connectivity index (χ4v) is 1.38. The highest BCUT2D eigenvalue weighted by molar-refractivity contribution is 5.31. The highest BCUT2D eigenvalue weighted by Crippen LogP contribution is 2.30. The van der Waals surface area contributed by atoms with Crippen molar-refractivity contribution in [2.75, 3.05) is 0 Å². The minimum Gasteiger partial charge on any atom is -0.166 e. The van der Waals surface area contributed by atoms with E-state index in [9.17, 15) is 13.2 Å². The van der Waals surface area contributed by atoms with E-state index < -0.39 is 11.7 Å². The monoisotopic (exact) mass is 201 g/mol. The van der Waals surface area contributed by atoms with Crippen LogP contribution in [0.15, 0.2) is 18.2 Å². The number of hydrogen-bond acceptors (Lipinski definition) is 0. The van der Waals surface area contributed by atoms with Gasteiger partial charge in [-0.3, -0.25) is 0 Å². The first kappa shape index (κ1) is 11.1. The third-order valence-corrected chi connectivity index (χ3v) is 1.90. The van der Waals surface area contributed by atoms with E-state index in [-0.39, 0.29) is 0 Å². The second kappa shape index (κ2) is 4.03. The Morgan fingerprint density at radius 2 is 1.86 bits per heavy atom. The number of alkyl halides is 3. The van der Waals surface area contributed by atoms with E-state index in [0.717, 1.165) is 0 Å². The zero-order chi connectivity index (χ0) is 10.8. The van der Waals surface area contributed by atoms with E-state index in [0.29, 0.717) is 17.5 Å². The van der Waals surface area contributed by atoms with Gasteiger partial charge in [0.15, 0.2) is 0 Å². The van der Waals surface area contributed by atoms with Gasteiger partial charge in [-0.2, -0.15) is 13.2 Å². The van der Waals surface area contributed by atoms with E-state index in [1.54, 1.807) is 13.0 Å². The number of hydrogen-bond donors (Lipinski definition) is 0. The molecular formula is C11H12F3. The van der Waals surface area contributed by atoms with Crippen molar-refractivity contribution in [1.29, 1.82) is 0 Å². The zero-order valence-corrected chi connectivity index (χ0v) is 8.15. The predicted molar refractivity (Wildman–Crippen MR) is 49.9 cm³/mol. The second-order valence-electron chi connectivity index (χ2n) is 3.32. The maximum Gasteiger partial charge on any atom is 0.416 e. The third-order valence-electron chi connectivity index (χ3n) is 1.90. The van der Waals surface area contributed by atoms with E-state index in [1.807, 2.05) is 13.3 Å². The summed E-state index contributed by atoms with van der Waals surface area (Å²) in [6.07, 6.45) is -1.83. The summed E-state index contributed by atoms with van der Waals surface area (Å²) in [5.41, 5.74) is 0.797. The molecule has 0 nitrogen and oxygen atoms in total. The Balaban J connectivity index is 3.07. The minimum atomic E-state index is -4.24. The van der Waals surface area contributed by atoms with Crippen molar-refractivity contribution in [2.24, 2.45) is 0 Å². The van der Waals surface area contributed by atoms with Crippen LogP contribution in [0, 0.1) is 13.3 Å². The molecule has 1 radical (unpaired) electrons. The van der Waals surface area contributed by atoms with Crippen LogP contribution in [0.2, 0.25) is 0 Å². The van der Waals surface area contributed by atoms with Gasteiger partial charge < -0.3 is 0 Å². The molecular weight excluding hydrogens is 189 g/mol. The summed E-state index contributed by atoms with van der Waals surface area (Å²) < 4.78 is 37.1. The summed E-state index contributed by atoms with van der Waals surface area (Å²) in [5.74, 6) is 0. The molecule has 0 amide bonds. The lowest BCUT2D eigenvalue weighted by atomic mass is 10.0. The van der Waals surface area contributed by atoms with Crippen LogP contribution in [-0.4, -0.2) is 0 Å². The third kappa shape index (κ3) is 2.76. The molecule has 1 aromatic carbocycles. The molecule has 77 valence electrons. The summed E-state index contributed by atoms with van der Waals surface area (Å²) in [7, 11) is 0. The van der Waals surface area contributed by atoms with Crippen LogP contribution in [0.5, 0.6) is 0 Å². The van der Waals surface area contributed by atoms with E-state index >= 15 is 0 Å². The molecule has 0 heterocycles. The molecule has 0 bridgehead atoms. The van der Waals surface area contributed by atoms with Crippen molar-refractivity contribution in [3.05, 3.63) is 41.3 Å². The van der Waals surface area contributed by atoms with Crippen molar-refractivity contribution in [2.45, 2.75) is 26.4 Å². The molecule has 0 aliphatic rings. The van der Waals surface area contributed by atoms with Crippen molar-refractivity contribution in [3.8, 4) is 0 Å². The molecule has 0 fully saturated rings. The van der Waals surface area contributed by atoms with Crippen LogP contribution in [0.25, 0.3) is 0 Å². The lowest BCUT2D eigenvalue weighted by molar-refractivity contribution is -0.137. The fourth-order valence-electron chi connectivity index (χ4n) is 1.38.